The maximum atomic E-state index is 12.0. The van der Waals surface area contributed by atoms with Crippen LogP contribution in [0.4, 0.5) is 0 Å². The van der Waals surface area contributed by atoms with Crippen LogP contribution in [0.1, 0.15) is 29.8 Å². The maximum absolute atomic E-state index is 12.0. The van der Waals surface area contributed by atoms with E-state index in [0.717, 1.165) is 20.9 Å². The Morgan fingerprint density at radius 1 is 1.46 bits per heavy atom. The van der Waals surface area contributed by atoms with Gasteiger partial charge in [-0.05, 0) is 19.1 Å². The molecule has 1 aliphatic heterocycles. The van der Waals surface area contributed by atoms with E-state index in [1.165, 1.54) is 16.2 Å². The van der Waals surface area contributed by atoms with Crippen molar-refractivity contribution >= 4 is 34.8 Å². The second-order valence-corrected chi connectivity index (χ2v) is 6.85. The van der Waals surface area contributed by atoms with Gasteiger partial charge in [0, 0.05) is 40.3 Å². The molecular formula is C17H15ClN4OS. The van der Waals surface area contributed by atoms with Crippen LogP contribution in [0.15, 0.2) is 24.5 Å². The highest BCUT2D eigenvalue weighted by Crippen LogP contribution is 2.39. The molecule has 0 unspecified atom stereocenters. The number of thiophene rings is 1. The number of hydrogen-bond donors (Lipinski definition) is 2. The molecule has 0 radical (unpaired) electrons. The van der Waals surface area contributed by atoms with Crippen molar-refractivity contribution in [3.63, 3.8) is 0 Å². The Morgan fingerprint density at radius 3 is 2.96 bits per heavy atom. The van der Waals surface area contributed by atoms with Crippen molar-refractivity contribution in [2.75, 3.05) is 7.05 Å². The van der Waals surface area contributed by atoms with Gasteiger partial charge in [-0.2, -0.15) is 0 Å². The van der Waals surface area contributed by atoms with Crippen molar-refractivity contribution in [2.24, 2.45) is 0 Å². The maximum Gasteiger partial charge on any atom is 0.231 e. The number of pyridine rings is 1. The molecule has 5 nitrogen and oxygen atoms in total. The molecule has 0 aromatic carbocycles. The van der Waals surface area contributed by atoms with Gasteiger partial charge < -0.3 is 5.32 Å². The fraction of sp³-hybridized carbons (Fsp3) is 0.235. The molecule has 1 saturated heterocycles. The van der Waals surface area contributed by atoms with E-state index in [0.29, 0.717) is 5.02 Å². The van der Waals surface area contributed by atoms with Gasteiger partial charge in [0.1, 0.15) is 0 Å². The van der Waals surface area contributed by atoms with Crippen molar-refractivity contribution in [3.8, 4) is 22.3 Å². The van der Waals surface area contributed by atoms with Gasteiger partial charge >= 0.3 is 0 Å². The molecule has 1 amide bonds. The van der Waals surface area contributed by atoms with Crippen LogP contribution >= 0.6 is 22.9 Å². The highest BCUT2D eigenvalue weighted by molar-refractivity contribution is 7.16. The largest absolute Gasteiger partial charge is 0.348 e. The molecule has 2 N–H and O–H groups in total. The minimum Gasteiger partial charge on any atom is -0.348 e. The summed E-state index contributed by atoms with van der Waals surface area (Å²) in [7, 11) is 1.58. The third kappa shape index (κ3) is 3.14. The predicted molar refractivity (Wildman–Crippen MR) is 96.1 cm³/mol. The fourth-order valence-electron chi connectivity index (χ4n) is 2.46. The summed E-state index contributed by atoms with van der Waals surface area (Å²) in [6, 6.07) is 3.56. The molecule has 3 rings (SSSR count). The topological polar surface area (TPSA) is 69.1 Å². The molecule has 1 atom stereocenters. The first-order valence-electron chi connectivity index (χ1n) is 7.28. The van der Waals surface area contributed by atoms with E-state index in [9.17, 15) is 4.79 Å². The lowest BCUT2D eigenvalue weighted by Crippen LogP contribution is -2.49. The Bertz CT molecular complexity index is 862. The smallest absolute Gasteiger partial charge is 0.231 e. The Labute approximate surface area is 149 Å². The van der Waals surface area contributed by atoms with Crippen molar-refractivity contribution in [2.45, 2.75) is 19.4 Å². The summed E-state index contributed by atoms with van der Waals surface area (Å²) in [5.74, 6) is 5.83. The number of hydrogen-bond acceptors (Lipinski definition) is 4. The number of guanidine groups is 1. The third-order valence-electron chi connectivity index (χ3n) is 3.72. The van der Waals surface area contributed by atoms with Crippen LogP contribution in [-0.4, -0.2) is 28.8 Å². The number of nitrogens with one attached hydrogen (secondary N) is 2. The van der Waals surface area contributed by atoms with Gasteiger partial charge in [-0.1, -0.05) is 17.5 Å². The number of nitrogens with zero attached hydrogens (tertiary/aromatic N) is 2. The fourth-order valence-corrected chi connectivity index (χ4v) is 3.96. The zero-order valence-corrected chi connectivity index (χ0v) is 14.8. The van der Waals surface area contributed by atoms with E-state index in [2.05, 4.69) is 22.1 Å². The first kappa shape index (κ1) is 16.5. The summed E-state index contributed by atoms with van der Waals surface area (Å²) in [5.41, 5.74) is 1.78. The Balaban J connectivity index is 1.93. The number of rotatable bonds is 2. The third-order valence-corrected chi connectivity index (χ3v) is 5.44. The van der Waals surface area contributed by atoms with E-state index >= 15 is 0 Å². The van der Waals surface area contributed by atoms with E-state index in [-0.39, 0.29) is 24.3 Å². The highest BCUT2D eigenvalue weighted by Gasteiger charge is 2.30. The molecular weight excluding hydrogens is 344 g/mol. The molecule has 7 heteroatoms. The zero-order chi connectivity index (χ0) is 17.3. The van der Waals surface area contributed by atoms with Crippen LogP contribution in [0.3, 0.4) is 0 Å². The van der Waals surface area contributed by atoms with Crippen LogP contribution in [0, 0.1) is 17.3 Å². The molecule has 0 bridgehead atoms. The number of halogens is 1. The van der Waals surface area contributed by atoms with Gasteiger partial charge in [0.05, 0.1) is 17.5 Å². The van der Waals surface area contributed by atoms with Gasteiger partial charge in [-0.3, -0.25) is 20.1 Å². The van der Waals surface area contributed by atoms with Gasteiger partial charge in [0.2, 0.25) is 5.91 Å². The second kappa shape index (κ2) is 6.63. The quantitative estimate of drug-likeness (QED) is 0.809. The first-order chi connectivity index (χ1) is 11.5. The Morgan fingerprint density at radius 2 is 2.25 bits per heavy atom. The first-order valence-corrected chi connectivity index (χ1v) is 8.48. The standard InChI is InChI=1S/C17H15ClN4OS/c1-3-4-10-5-11(9-20-8-10)14-6-12(18)16(24-14)13-7-15(23)22(2)17(19)21-13/h5-6,8-9,13H,7H2,1-2H3,(H2,19,21)/t13-/m0/s1. The number of amides is 1. The normalized spacial score (nSPS) is 17.3. The molecule has 1 aliphatic rings. The zero-order valence-electron chi connectivity index (χ0n) is 13.2. The predicted octanol–water partition coefficient (Wildman–Crippen LogP) is 3.26. The van der Waals surface area contributed by atoms with Gasteiger partial charge in [0.25, 0.3) is 0 Å². The highest BCUT2D eigenvalue weighted by atomic mass is 35.5. The Hall–Kier alpha value is -2.36. The summed E-state index contributed by atoms with van der Waals surface area (Å²) in [4.78, 5) is 19.3. The molecule has 0 saturated carbocycles. The summed E-state index contributed by atoms with van der Waals surface area (Å²) in [6.45, 7) is 1.78. The van der Waals surface area contributed by atoms with Gasteiger partial charge in [0.15, 0.2) is 5.96 Å². The number of aromatic nitrogens is 1. The molecule has 3 heterocycles. The molecule has 1 fully saturated rings. The average Bonchev–Trinajstić information content (AvgIpc) is 2.95. The molecule has 2 aromatic rings. The van der Waals surface area contributed by atoms with Crippen LogP contribution < -0.4 is 5.32 Å². The summed E-state index contributed by atoms with van der Waals surface area (Å²) >= 11 is 7.89. The van der Waals surface area contributed by atoms with Gasteiger partial charge in [-0.25, -0.2) is 0 Å². The van der Waals surface area contributed by atoms with E-state index < -0.39 is 0 Å². The molecule has 2 aromatic heterocycles. The van der Waals surface area contributed by atoms with Crippen molar-refractivity contribution in [1.29, 1.82) is 5.41 Å². The lowest BCUT2D eigenvalue weighted by Gasteiger charge is -2.30. The Kier molecular flexibility index (Phi) is 4.56. The number of carbonyl (C=O) groups is 1. The second-order valence-electron chi connectivity index (χ2n) is 5.36. The van der Waals surface area contributed by atoms with Crippen molar-refractivity contribution in [1.82, 2.24) is 15.2 Å². The SMILES string of the molecule is CC#Cc1cncc(-c2cc(Cl)c([C@@H]3CC(=O)N(C)C(=N)N3)s2)c1. The monoisotopic (exact) mass is 358 g/mol. The van der Waals surface area contributed by atoms with Crippen molar-refractivity contribution in [3.05, 3.63) is 40.0 Å². The molecule has 24 heavy (non-hydrogen) atoms. The molecule has 0 aliphatic carbocycles. The van der Waals surface area contributed by atoms with E-state index in [1.807, 2.05) is 12.1 Å². The van der Waals surface area contributed by atoms with Crippen molar-refractivity contribution < 1.29 is 4.79 Å². The van der Waals surface area contributed by atoms with E-state index in [4.69, 9.17) is 17.0 Å². The average molecular weight is 359 g/mol. The minimum atomic E-state index is -0.279. The van der Waals surface area contributed by atoms with Crippen LogP contribution in [0.25, 0.3) is 10.4 Å². The summed E-state index contributed by atoms with van der Waals surface area (Å²) in [5, 5.41) is 11.5. The lowest BCUT2D eigenvalue weighted by atomic mass is 10.1. The minimum absolute atomic E-state index is 0.0872. The number of carbonyl (C=O) groups excluding carboxylic acids is 1. The van der Waals surface area contributed by atoms with E-state index in [1.54, 1.807) is 26.4 Å². The van der Waals surface area contributed by atoms with Crippen LogP contribution in [-0.2, 0) is 4.79 Å². The lowest BCUT2D eigenvalue weighted by molar-refractivity contribution is -0.128. The molecule has 122 valence electrons. The van der Waals surface area contributed by atoms with Crippen LogP contribution in [0.2, 0.25) is 5.02 Å². The van der Waals surface area contributed by atoms with Crippen LogP contribution in [0.5, 0.6) is 0 Å². The van der Waals surface area contributed by atoms with Gasteiger partial charge in [-0.15, -0.1) is 17.3 Å². The summed E-state index contributed by atoms with van der Waals surface area (Å²) < 4.78 is 0. The molecule has 0 spiro atoms. The summed E-state index contributed by atoms with van der Waals surface area (Å²) in [6.07, 6.45) is 3.76.